The van der Waals surface area contributed by atoms with Crippen molar-refractivity contribution in [3.8, 4) is 0 Å². The van der Waals surface area contributed by atoms with Crippen LogP contribution in [-0.4, -0.2) is 40.4 Å². The lowest BCUT2D eigenvalue weighted by Crippen LogP contribution is -2.46. The number of nitrogens with zero attached hydrogens (tertiary/aromatic N) is 1. The summed E-state index contributed by atoms with van der Waals surface area (Å²) in [6, 6.07) is 0.235. The van der Waals surface area contributed by atoms with Gasteiger partial charge in [-0.3, -0.25) is 4.90 Å². The molecule has 1 heterocycles. The van der Waals surface area contributed by atoms with Crippen molar-refractivity contribution in [3.05, 3.63) is 0 Å². The molecule has 2 aliphatic rings. The predicted octanol–water partition coefficient (Wildman–Crippen LogP) is 2.55. The SMILES string of the molecule is CC(C)(C)OC(=O)N1C2CCCCC2C[C@H]1CO. The van der Waals surface area contributed by atoms with E-state index in [1.807, 2.05) is 25.7 Å². The zero-order valence-electron chi connectivity index (χ0n) is 11.7. The van der Waals surface area contributed by atoms with Gasteiger partial charge in [0.2, 0.25) is 0 Å². The molecule has 0 aromatic heterocycles. The summed E-state index contributed by atoms with van der Waals surface area (Å²) in [5.74, 6) is 0.559. The predicted molar refractivity (Wildman–Crippen MR) is 69.3 cm³/mol. The highest BCUT2D eigenvalue weighted by Crippen LogP contribution is 2.40. The Kier molecular flexibility index (Phi) is 3.85. The van der Waals surface area contributed by atoms with Crippen molar-refractivity contribution in [2.45, 2.75) is 70.6 Å². The molecule has 1 N–H and O–H groups in total. The number of carbonyl (C=O) groups is 1. The summed E-state index contributed by atoms with van der Waals surface area (Å²) in [5, 5.41) is 9.48. The summed E-state index contributed by atoms with van der Waals surface area (Å²) in [7, 11) is 0. The van der Waals surface area contributed by atoms with Crippen LogP contribution in [0.5, 0.6) is 0 Å². The van der Waals surface area contributed by atoms with Crippen molar-refractivity contribution in [1.29, 1.82) is 0 Å². The van der Waals surface area contributed by atoms with Gasteiger partial charge in [0.25, 0.3) is 0 Å². The number of aliphatic hydroxyl groups is 1. The van der Waals surface area contributed by atoms with Gasteiger partial charge in [0.15, 0.2) is 0 Å². The van der Waals surface area contributed by atoms with Crippen LogP contribution >= 0.6 is 0 Å². The topological polar surface area (TPSA) is 49.8 Å². The van der Waals surface area contributed by atoms with Crippen molar-refractivity contribution < 1.29 is 14.6 Å². The first-order chi connectivity index (χ1) is 8.42. The van der Waals surface area contributed by atoms with Crippen LogP contribution in [0.15, 0.2) is 0 Å². The lowest BCUT2D eigenvalue weighted by atomic mass is 9.85. The number of fused-ring (bicyclic) bond motifs is 1. The van der Waals surface area contributed by atoms with E-state index in [4.69, 9.17) is 4.74 Å². The molecule has 0 radical (unpaired) electrons. The van der Waals surface area contributed by atoms with Crippen LogP contribution in [0.1, 0.15) is 52.9 Å². The molecule has 1 amide bonds. The fraction of sp³-hybridized carbons (Fsp3) is 0.929. The molecule has 1 saturated carbocycles. The standard InChI is InChI=1S/C14H25NO3/c1-14(2,3)18-13(17)15-11(9-16)8-10-6-4-5-7-12(10)15/h10-12,16H,4-9H2,1-3H3/t10?,11-,12?/m0/s1. The van der Waals surface area contributed by atoms with E-state index in [0.29, 0.717) is 5.92 Å². The third-order valence-electron chi connectivity index (χ3n) is 4.01. The monoisotopic (exact) mass is 255 g/mol. The number of amides is 1. The number of hydrogen-bond donors (Lipinski definition) is 1. The molecule has 3 atom stereocenters. The summed E-state index contributed by atoms with van der Waals surface area (Å²) >= 11 is 0. The molecule has 1 aliphatic heterocycles. The molecular formula is C14H25NO3. The average molecular weight is 255 g/mol. The molecule has 0 bridgehead atoms. The lowest BCUT2D eigenvalue weighted by molar-refractivity contribution is 0.00509. The van der Waals surface area contributed by atoms with Crippen molar-refractivity contribution in [3.63, 3.8) is 0 Å². The molecule has 2 fully saturated rings. The lowest BCUT2D eigenvalue weighted by Gasteiger charge is -2.34. The van der Waals surface area contributed by atoms with Gasteiger partial charge >= 0.3 is 6.09 Å². The Morgan fingerprint density at radius 1 is 1.33 bits per heavy atom. The van der Waals surface area contributed by atoms with Gasteiger partial charge in [-0.25, -0.2) is 4.79 Å². The molecule has 0 aromatic rings. The van der Waals surface area contributed by atoms with Crippen LogP contribution in [0, 0.1) is 5.92 Å². The van der Waals surface area contributed by atoms with Crippen molar-refractivity contribution in [1.82, 2.24) is 4.90 Å². The maximum Gasteiger partial charge on any atom is 0.410 e. The van der Waals surface area contributed by atoms with Gasteiger partial charge < -0.3 is 9.84 Å². The molecule has 0 aromatic carbocycles. The van der Waals surface area contributed by atoms with E-state index in [1.165, 1.54) is 19.3 Å². The van der Waals surface area contributed by atoms with E-state index in [1.54, 1.807) is 0 Å². The van der Waals surface area contributed by atoms with Gasteiger partial charge in [0, 0.05) is 6.04 Å². The quantitative estimate of drug-likeness (QED) is 0.783. The first-order valence-electron chi connectivity index (χ1n) is 7.04. The first kappa shape index (κ1) is 13.7. The summed E-state index contributed by atoms with van der Waals surface area (Å²) in [6.45, 7) is 5.69. The summed E-state index contributed by atoms with van der Waals surface area (Å²) < 4.78 is 5.48. The van der Waals surface area contributed by atoms with Crippen molar-refractivity contribution in [2.24, 2.45) is 5.92 Å². The second-order valence-corrected chi connectivity index (χ2v) is 6.57. The minimum absolute atomic E-state index is 0.0479. The fourth-order valence-corrected chi connectivity index (χ4v) is 3.32. The Labute approximate surface area is 109 Å². The Morgan fingerprint density at radius 3 is 2.61 bits per heavy atom. The largest absolute Gasteiger partial charge is 0.444 e. The number of ether oxygens (including phenoxy) is 1. The van der Waals surface area contributed by atoms with Gasteiger partial charge in [0.05, 0.1) is 12.6 Å². The Hall–Kier alpha value is -0.770. The molecule has 0 spiro atoms. The minimum Gasteiger partial charge on any atom is -0.444 e. The molecule has 2 unspecified atom stereocenters. The minimum atomic E-state index is -0.468. The van der Waals surface area contributed by atoms with Crippen LogP contribution in [0.3, 0.4) is 0 Å². The van der Waals surface area contributed by atoms with E-state index in [2.05, 4.69) is 0 Å². The number of carbonyl (C=O) groups excluding carboxylic acids is 1. The molecule has 4 heteroatoms. The molecule has 18 heavy (non-hydrogen) atoms. The highest BCUT2D eigenvalue weighted by molar-refractivity contribution is 5.69. The van der Waals surface area contributed by atoms with Crippen LogP contribution in [-0.2, 0) is 4.74 Å². The van der Waals surface area contributed by atoms with Crippen LogP contribution in [0.25, 0.3) is 0 Å². The van der Waals surface area contributed by atoms with Gasteiger partial charge in [-0.05, 0) is 46.0 Å². The maximum absolute atomic E-state index is 12.3. The highest BCUT2D eigenvalue weighted by Gasteiger charge is 2.45. The molecule has 2 rings (SSSR count). The smallest absolute Gasteiger partial charge is 0.410 e. The van der Waals surface area contributed by atoms with Crippen molar-refractivity contribution in [2.75, 3.05) is 6.61 Å². The third-order valence-corrected chi connectivity index (χ3v) is 4.01. The Bertz CT molecular complexity index is 311. The number of hydrogen-bond acceptors (Lipinski definition) is 3. The Balaban J connectivity index is 2.10. The van der Waals surface area contributed by atoms with Gasteiger partial charge in [-0.15, -0.1) is 0 Å². The number of likely N-dealkylation sites (tertiary alicyclic amines) is 1. The highest BCUT2D eigenvalue weighted by atomic mass is 16.6. The number of rotatable bonds is 1. The zero-order valence-corrected chi connectivity index (χ0v) is 11.7. The summed E-state index contributed by atoms with van der Waals surface area (Å²) in [4.78, 5) is 14.1. The fourth-order valence-electron chi connectivity index (χ4n) is 3.32. The van der Waals surface area contributed by atoms with E-state index < -0.39 is 5.60 Å². The first-order valence-corrected chi connectivity index (χ1v) is 7.04. The molecular weight excluding hydrogens is 230 g/mol. The normalized spacial score (nSPS) is 32.2. The van der Waals surface area contributed by atoms with Gasteiger partial charge in [-0.1, -0.05) is 12.8 Å². The summed E-state index contributed by atoms with van der Waals surface area (Å²) in [6.07, 6.45) is 5.34. The van der Waals surface area contributed by atoms with E-state index >= 15 is 0 Å². The second kappa shape index (κ2) is 5.08. The molecule has 1 aliphatic carbocycles. The zero-order chi connectivity index (χ0) is 13.3. The average Bonchev–Trinajstić information content (AvgIpc) is 2.64. The van der Waals surface area contributed by atoms with Gasteiger partial charge in [-0.2, -0.15) is 0 Å². The molecule has 1 saturated heterocycles. The van der Waals surface area contributed by atoms with Crippen LogP contribution in [0.4, 0.5) is 4.79 Å². The van der Waals surface area contributed by atoms with E-state index in [9.17, 15) is 9.90 Å². The van der Waals surface area contributed by atoms with Gasteiger partial charge in [0.1, 0.15) is 5.60 Å². The molecule has 4 nitrogen and oxygen atoms in total. The maximum atomic E-state index is 12.3. The van der Waals surface area contributed by atoms with Crippen LogP contribution < -0.4 is 0 Å². The van der Waals surface area contributed by atoms with E-state index in [-0.39, 0.29) is 24.8 Å². The van der Waals surface area contributed by atoms with E-state index in [0.717, 1.165) is 12.8 Å². The van der Waals surface area contributed by atoms with Crippen LogP contribution in [0.2, 0.25) is 0 Å². The Morgan fingerprint density at radius 2 is 2.00 bits per heavy atom. The third kappa shape index (κ3) is 2.79. The number of aliphatic hydroxyl groups excluding tert-OH is 1. The second-order valence-electron chi connectivity index (χ2n) is 6.57. The van der Waals surface area contributed by atoms with Crippen molar-refractivity contribution >= 4 is 6.09 Å². The summed E-state index contributed by atoms with van der Waals surface area (Å²) in [5.41, 5.74) is -0.468. The molecule has 104 valence electrons.